The Morgan fingerprint density at radius 2 is 1.93 bits per heavy atom. The van der Waals surface area contributed by atoms with Crippen LogP contribution in [0.25, 0.3) is 0 Å². The lowest BCUT2D eigenvalue weighted by Crippen LogP contribution is -2.51. The van der Waals surface area contributed by atoms with E-state index in [0.29, 0.717) is 30.1 Å². The molecule has 0 radical (unpaired) electrons. The maximum atomic E-state index is 15.5. The summed E-state index contributed by atoms with van der Waals surface area (Å²) < 4.78 is 15.5. The molecule has 214 valence electrons. The van der Waals surface area contributed by atoms with Gasteiger partial charge in [0.05, 0.1) is 30.6 Å². The number of rotatable bonds is 12. The van der Waals surface area contributed by atoms with E-state index in [-0.39, 0.29) is 12.2 Å². The van der Waals surface area contributed by atoms with Crippen molar-refractivity contribution in [3.63, 3.8) is 0 Å². The van der Waals surface area contributed by atoms with Gasteiger partial charge in [-0.1, -0.05) is 43.2 Å². The first-order chi connectivity index (χ1) is 19.1. The average Bonchev–Trinajstić information content (AvgIpc) is 2.95. The zero-order valence-electron chi connectivity index (χ0n) is 24.5. The third kappa shape index (κ3) is 9.53. The number of aromatic nitrogens is 2. The minimum atomic E-state index is -1.25. The predicted octanol–water partition coefficient (Wildman–Crippen LogP) is 5.26. The Hall–Kier alpha value is -4.19. The molecule has 1 aromatic rings. The van der Waals surface area contributed by atoms with Crippen molar-refractivity contribution in [2.45, 2.75) is 73.0 Å². The smallest absolute Gasteiger partial charge is 0.250 e. The van der Waals surface area contributed by atoms with Crippen LogP contribution in [0.2, 0.25) is 0 Å². The average molecular weight is 548 g/mol. The minimum Gasteiger partial charge on any atom is -0.379 e. The summed E-state index contributed by atoms with van der Waals surface area (Å²) in [6.45, 7) is 12.6. The van der Waals surface area contributed by atoms with Crippen LogP contribution >= 0.6 is 0 Å². The van der Waals surface area contributed by atoms with Crippen molar-refractivity contribution in [1.82, 2.24) is 20.6 Å². The SMILES string of the molecule is C\C=C/C=C\C(N/C(C)=C/C(N[C@@H]1CCN(c2cnc(C#N)cn2)C[C@@H]1F)=C(\C=C(/C)CC)C(N)=O)=C(/C)CC. The second-order valence-corrected chi connectivity index (χ2v) is 9.79. The molecule has 1 amide bonds. The Labute approximate surface area is 237 Å². The quantitative estimate of drug-likeness (QED) is 0.241. The minimum absolute atomic E-state index is 0.0977. The van der Waals surface area contributed by atoms with Gasteiger partial charge in [0.25, 0.3) is 5.91 Å². The third-order valence-corrected chi connectivity index (χ3v) is 6.71. The number of primary amides is 1. The first kappa shape index (κ1) is 32.0. The highest BCUT2D eigenvalue weighted by Crippen LogP contribution is 2.22. The van der Waals surface area contributed by atoms with Gasteiger partial charge in [-0.3, -0.25) is 4.79 Å². The molecule has 1 fully saturated rings. The molecule has 1 aliphatic heterocycles. The molecule has 1 saturated heterocycles. The maximum absolute atomic E-state index is 15.5. The molecule has 0 saturated carbocycles. The molecule has 40 heavy (non-hydrogen) atoms. The first-order valence-corrected chi connectivity index (χ1v) is 13.7. The summed E-state index contributed by atoms with van der Waals surface area (Å²) in [5.74, 6) is -0.0692. The van der Waals surface area contributed by atoms with Crippen LogP contribution < -0.4 is 21.3 Å². The van der Waals surface area contributed by atoms with Crippen molar-refractivity contribution in [2.75, 3.05) is 18.0 Å². The Bertz CT molecular complexity index is 1250. The van der Waals surface area contributed by atoms with E-state index in [1.165, 1.54) is 18.0 Å². The molecular weight excluding hydrogens is 505 g/mol. The number of halogens is 1. The van der Waals surface area contributed by atoms with Gasteiger partial charge in [-0.05, 0) is 65.2 Å². The zero-order chi connectivity index (χ0) is 29.7. The van der Waals surface area contributed by atoms with Crippen LogP contribution in [0.1, 0.15) is 66.5 Å². The van der Waals surface area contributed by atoms with E-state index in [1.54, 1.807) is 11.0 Å². The van der Waals surface area contributed by atoms with E-state index < -0.39 is 18.1 Å². The van der Waals surface area contributed by atoms with Crippen molar-refractivity contribution in [2.24, 2.45) is 5.73 Å². The van der Waals surface area contributed by atoms with Gasteiger partial charge >= 0.3 is 0 Å². The highest BCUT2D eigenvalue weighted by molar-refractivity contribution is 5.96. The number of anilines is 1. The van der Waals surface area contributed by atoms with Gasteiger partial charge in [0, 0.05) is 23.6 Å². The summed E-state index contributed by atoms with van der Waals surface area (Å²) in [6, 6.07) is 1.39. The van der Waals surface area contributed by atoms with Crippen molar-refractivity contribution in [1.29, 1.82) is 5.26 Å². The maximum Gasteiger partial charge on any atom is 0.250 e. The van der Waals surface area contributed by atoms with E-state index in [1.807, 2.05) is 64.1 Å². The summed E-state index contributed by atoms with van der Waals surface area (Å²) in [6.07, 6.45) is 15.2. The van der Waals surface area contributed by atoms with Crippen molar-refractivity contribution in [3.05, 3.63) is 88.4 Å². The first-order valence-electron chi connectivity index (χ1n) is 13.7. The van der Waals surface area contributed by atoms with Crippen molar-refractivity contribution < 1.29 is 9.18 Å². The molecule has 1 aliphatic rings. The van der Waals surface area contributed by atoms with Crippen molar-refractivity contribution >= 4 is 11.7 Å². The Morgan fingerprint density at radius 3 is 2.48 bits per heavy atom. The van der Waals surface area contributed by atoms with Crippen LogP contribution in [0.4, 0.5) is 10.2 Å². The second-order valence-electron chi connectivity index (χ2n) is 9.79. The lowest BCUT2D eigenvalue weighted by molar-refractivity contribution is -0.114. The van der Waals surface area contributed by atoms with Gasteiger partial charge in [0.1, 0.15) is 18.1 Å². The van der Waals surface area contributed by atoms with Gasteiger partial charge in [-0.15, -0.1) is 0 Å². The number of nitrogens with zero attached hydrogens (tertiary/aromatic N) is 4. The molecule has 8 nitrogen and oxygen atoms in total. The zero-order valence-corrected chi connectivity index (χ0v) is 24.5. The van der Waals surface area contributed by atoms with E-state index in [0.717, 1.165) is 29.8 Å². The van der Waals surface area contributed by atoms with Gasteiger partial charge in [0.15, 0.2) is 5.69 Å². The van der Waals surface area contributed by atoms with E-state index in [9.17, 15) is 4.79 Å². The number of alkyl halides is 1. The van der Waals surface area contributed by atoms with E-state index in [4.69, 9.17) is 11.0 Å². The number of allylic oxidation sites excluding steroid dienone is 8. The van der Waals surface area contributed by atoms with Crippen LogP contribution in [-0.2, 0) is 4.79 Å². The van der Waals surface area contributed by atoms with Gasteiger partial charge < -0.3 is 21.3 Å². The van der Waals surface area contributed by atoms with Crippen LogP contribution in [-0.4, -0.2) is 41.2 Å². The standard InChI is InChI=1S/C31H42FN7O/c1-7-10-11-12-27(22(5)9-3)37-23(6)16-29(25(31(34)40)15-21(4)8-2)38-28-13-14-39(20-26(28)32)30-19-35-24(17-33)18-36-30/h7,10-12,15-16,18-19,26,28,37-38H,8-9,13-14,20H2,1-6H3,(H2,34,40)/b10-7-,12-11-,21-15+,23-16+,27-22-,29-25-/t26-,28+/m0/s1. The number of hydrogen-bond donors (Lipinski definition) is 3. The summed E-state index contributed by atoms with van der Waals surface area (Å²) >= 11 is 0. The van der Waals surface area contributed by atoms with Gasteiger partial charge in [-0.2, -0.15) is 5.26 Å². The topological polar surface area (TPSA) is 120 Å². The fourth-order valence-corrected chi connectivity index (χ4v) is 4.05. The molecule has 0 unspecified atom stereocenters. The molecule has 2 atom stereocenters. The van der Waals surface area contributed by atoms with Crippen LogP contribution in [0, 0.1) is 11.3 Å². The number of amides is 1. The monoisotopic (exact) mass is 547 g/mol. The number of carbonyl (C=O) groups excluding carboxylic acids is 1. The number of piperidine rings is 1. The second kappa shape index (κ2) is 16.0. The Kier molecular flexibility index (Phi) is 12.8. The number of carbonyl (C=O) groups is 1. The molecule has 1 aromatic heterocycles. The number of nitrogens with two attached hydrogens (primary N) is 1. The number of nitriles is 1. The fraction of sp³-hybridized carbons (Fsp3) is 0.419. The largest absolute Gasteiger partial charge is 0.379 e. The van der Waals surface area contributed by atoms with Crippen LogP contribution in [0.5, 0.6) is 0 Å². The highest BCUT2D eigenvalue weighted by Gasteiger charge is 2.31. The molecular formula is C31H42FN7O. The normalized spacial score (nSPS) is 19.8. The molecule has 2 heterocycles. The number of hydrogen-bond acceptors (Lipinski definition) is 7. The van der Waals surface area contributed by atoms with E-state index >= 15 is 4.39 Å². The molecule has 2 rings (SSSR count). The Morgan fingerprint density at radius 1 is 1.18 bits per heavy atom. The van der Waals surface area contributed by atoms with Gasteiger partial charge in [0.2, 0.25) is 0 Å². The summed E-state index contributed by atoms with van der Waals surface area (Å²) in [4.78, 5) is 22.7. The molecule has 0 aliphatic carbocycles. The van der Waals surface area contributed by atoms with Crippen molar-refractivity contribution in [3.8, 4) is 6.07 Å². The summed E-state index contributed by atoms with van der Waals surface area (Å²) in [7, 11) is 0. The number of nitrogens with one attached hydrogen (secondary N) is 2. The van der Waals surface area contributed by atoms with Gasteiger partial charge in [-0.25, -0.2) is 14.4 Å². The molecule has 9 heteroatoms. The fourth-order valence-electron chi connectivity index (χ4n) is 4.05. The third-order valence-electron chi connectivity index (χ3n) is 6.71. The van der Waals surface area contributed by atoms with Crippen LogP contribution in [0.3, 0.4) is 0 Å². The lowest BCUT2D eigenvalue weighted by Gasteiger charge is -2.36. The summed E-state index contributed by atoms with van der Waals surface area (Å²) in [5, 5.41) is 15.7. The molecule has 0 spiro atoms. The van der Waals surface area contributed by atoms with E-state index in [2.05, 4.69) is 34.4 Å². The summed E-state index contributed by atoms with van der Waals surface area (Å²) in [5.41, 5.74) is 10.7. The predicted molar refractivity (Wildman–Crippen MR) is 160 cm³/mol. The Balaban J connectivity index is 2.40. The molecule has 0 aromatic carbocycles. The lowest BCUT2D eigenvalue weighted by atomic mass is 10.0. The highest BCUT2D eigenvalue weighted by atomic mass is 19.1. The van der Waals surface area contributed by atoms with Crippen LogP contribution in [0.15, 0.2) is 82.7 Å². The molecule has 0 bridgehead atoms. The molecule has 4 N–H and O–H groups in total.